The highest BCUT2D eigenvalue weighted by Gasteiger charge is 2.33. The summed E-state index contributed by atoms with van der Waals surface area (Å²) in [5, 5.41) is 4.01. The molecule has 1 saturated heterocycles. The minimum Gasteiger partial charge on any atom is -0.361 e. The summed E-state index contributed by atoms with van der Waals surface area (Å²) in [6, 6.07) is 10.2. The molecule has 6 heteroatoms. The van der Waals surface area contributed by atoms with Crippen molar-refractivity contribution >= 4 is 9.84 Å². The quantitative estimate of drug-likeness (QED) is 0.840. The Balaban J connectivity index is 1.84. The van der Waals surface area contributed by atoms with E-state index >= 15 is 0 Å². The Labute approximate surface area is 137 Å². The Bertz CT molecular complexity index is 749. The molecule has 5 nitrogen and oxygen atoms in total. The molecule has 2 aromatic rings. The van der Waals surface area contributed by atoms with Crippen LogP contribution in [0.25, 0.3) is 0 Å². The van der Waals surface area contributed by atoms with Crippen molar-refractivity contribution in [2.75, 3.05) is 11.5 Å². The molecule has 0 radical (unpaired) electrons. The van der Waals surface area contributed by atoms with Crippen LogP contribution in [0.4, 0.5) is 0 Å². The third-order valence-corrected chi connectivity index (χ3v) is 6.25. The molecular weight excluding hydrogens is 312 g/mol. The second kappa shape index (κ2) is 6.45. The lowest BCUT2D eigenvalue weighted by atomic mass is 10.1. The highest BCUT2D eigenvalue weighted by Crippen LogP contribution is 2.24. The standard InChI is InChI=1S/C17H22N2O3S/c1-13-17(14(2)22-18-13)11-19(10-15-6-4-3-5-7-15)16-8-9-23(20,21)12-16/h3-7,16H,8-12H2,1-2H3/t16-/m1/s1. The third kappa shape index (κ3) is 3.82. The van der Waals surface area contributed by atoms with Crippen molar-refractivity contribution in [3.63, 3.8) is 0 Å². The van der Waals surface area contributed by atoms with E-state index in [-0.39, 0.29) is 17.5 Å². The zero-order valence-electron chi connectivity index (χ0n) is 13.5. The average molecular weight is 334 g/mol. The first kappa shape index (κ1) is 16.2. The summed E-state index contributed by atoms with van der Waals surface area (Å²) in [5.74, 6) is 1.33. The highest BCUT2D eigenvalue weighted by molar-refractivity contribution is 7.91. The molecule has 0 amide bonds. The van der Waals surface area contributed by atoms with Gasteiger partial charge in [0.25, 0.3) is 0 Å². The second-order valence-electron chi connectivity index (χ2n) is 6.25. The number of benzene rings is 1. The van der Waals surface area contributed by atoms with Crippen LogP contribution in [0.5, 0.6) is 0 Å². The van der Waals surface area contributed by atoms with Crippen LogP contribution in [0.15, 0.2) is 34.9 Å². The van der Waals surface area contributed by atoms with Crippen LogP contribution in [0.3, 0.4) is 0 Å². The molecule has 1 aromatic carbocycles. The molecule has 124 valence electrons. The molecule has 1 aliphatic heterocycles. The van der Waals surface area contributed by atoms with Gasteiger partial charge in [0.05, 0.1) is 17.2 Å². The van der Waals surface area contributed by atoms with Gasteiger partial charge in [0.2, 0.25) is 0 Å². The molecule has 0 spiro atoms. The van der Waals surface area contributed by atoms with E-state index in [1.165, 1.54) is 5.56 Å². The van der Waals surface area contributed by atoms with Gasteiger partial charge in [-0.3, -0.25) is 4.90 Å². The SMILES string of the molecule is Cc1noc(C)c1CN(Cc1ccccc1)[C@@H]1CCS(=O)(=O)C1. The maximum Gasteiger partial charge on any atom is 0.151 e. The molecule has 0 bridgehead atoms. The van der Waals surface area contributed by atoms with Crippen LogP contribution in [0, 0.1) is 13.8 Å². The molecule has 23 heavy (non-hydrogen) atoms. The van der Waals surface area contributed by atoms with Crippen molar-refractivity contribution in [2.24, 2.45) is 0 Å². The first-order valence-corrected chi connectivity index (χ1v) is 9.67. The van der Waals surface area contributed by atoms with E-state index in [0.29, 0.717) is 13.0 Å². The van der Waals surface area contributed by atoms with Crippen LogP contribution in [0.1, 0.15) is 29.0 Å². The van der Waals surface area contributed by atoms with E-state index in [4.69, 9.17) is 4.52 Å². The highest BCUT2D eigenvalue weighted by atomic mass is 32.2. The largest absolute Gasteiger partial charge is 0.361 e. The number of nitrogens with zero attached hydrogens (tertiary/aromatic N) is 2. The van der Waals surface area contributed by atoms with Gasteiger partial charge in [0, 0.05) is 24.7 Å². The van der Waals surface area contributed by atoms with Gasteiger partial charge in [-0.05, 0) is 25.8 Å². The van der Waals surface area contributed by atoms with Crippen LogP contribution in [-0.2, 0) is 22.9 Å². The van der Waals surface area contributed by atoms with E-state index in [1.807, 2.05) is 32.0 Å². The van der Waals surface area contributed by atoms with Crippen LogP contribution < -0.4 is 0 Å². The first-order chi connectivity index (χ1) is 10.9. The maximum absolute atomic E-state index is 11.9. The molecule has 0 unspecified atom stereocenters. The predicted molar refractivity (Wildman–Crippen MR) is 88.7 cm³/mol. The van der Waals surface area contributed by atoms with Crippen molar-refractivity contribution in [1.29, 1.82) is 0 Å². The van der Waals surface area contributed by atoms with Crippen LogP contribution >= 0.6 is 0 Å². The number of rotatable bonds is 5. The molecule has 1 aromatic heterocycles. The molecule has 1 aliphatic rings. The Hall–Kier alpha value is -1.66. The fourth-order valence-electron chi connectivity index (χ4n) is 3.13. The van der Waals surface area contributed by atoms with Crippen molar-refractivity contribution in [2.45, 2.75) is 39.4 Å². The summed E-state index contributed by atoms with van der Waals surface area (Å²) < 4.78 is 29.0. The average Bonchev–Trinajstić information content (AvgIpc) is 3.03. The summed E-state index contributed by atoms with van der Waals surface area (Å²) >= 11 is 0. The lowest BCUT2D eigenvalue weighted by Crippen LogP contribution is -2.35. The topological polar surface area (TPSA) is 63.4 Å². The monoisotopic (exact) mass is 334 g/mol. The number of hydrogen-bond acceptors (Lipinski definition) is 5. The van der Waals surface area contributed by atoms with Gasteiger partial charge in [-0.15, -0.1) is 0 Å². The summed E-state index contributed by atoms with van der Waals surface area (Å²) in [4.78, 5) is 2.24. The first-order valence-electron chi connectivity index (χ1n) is 7.85. The normalized spacial score (nSPS) is 20.2. The van der Waals surface area contributed by atoms with Gasteiger partial charge in [0.1, 0.15) is 5.76 Å². The van der Waals surface area contributed by atoms with Crippen molar-refractivity contribution in [1.82, 2.24) is 10.1 Å². The minimum absolute atomic E-state index is 0.0499. The maximum atomic E-state index is 11.9. The van der Waals surface area contributed by atoms with Gasteiger partial charge in [0.15, 0.2) is 9.84 Å². The summed E-state index contributed by atoms with van der Waals surface area (Å²) in [5.41, 5.74) is 3.12. The van der Waals surface area contributed by atoms with Crippen LogP contribution in [-0.4, -0.2) is 36.0 Å². The Kier molecular flexibility index (Phi) is 4.55. The zero-order valence-corrected chi connectivity index (χ0v) is 14.3. The van der Waals surface area contributed by atoms with Gasteiger partial charge in [-0.1, -0.05) is 35.5 Å². The Morgan fingerprint density at radius 2 is 1.96 bits per heavy atom. The molecule has 0 saturated carbocycles. The zero-order chi connectivity index (χ0) is 16.4. The molecular formula is C17H22N2O3S. The summed E-state index contributed by atoms with van der Waals surface area (Å²) in [6.07, 6.45) is 0.693. The lowest BCUT2D eigenvalue weighted by Gasteiger charge is -2.28. The van der Waals surface area contributed by atoms with E-state index in [2.05, 4.69) is 22.2 Å². The molecule has 0 N–H and O–H groups in total. The lowest BCUT2D eigenvalue weighted by molar-refractivity contribution is 0.193. The predicted octanol–water partition coefficient (Wildman–Crippen LogP) is 2.48. The van der Waals surface area contributed by atoms with Crippen LogP contribution in [0.2, 0.25) is 0 Å². The minimum atomic E-state index is -2.91. The molecule has 1 atom stereocenters. The summed E-state index contributed by atoms with van der Waals surface area (Å²) in [6.45, 7) is 5.22. The van der Waals surface area contributed by atoms with Crippen molar-refractivity contribution < 1.29 is 12.9 Å². The number of aromatic nitrogens is 1. The smallest absolute Gasteiger partial charge is 0.151 e. The van der Waals surface area contributed by atoms with Gasteiger partial charge in [-0.2, -0.15) is 0 Å². The third-order valence-electron chi connectivity index (χ3n) is 4.50. The molecule has 0 aliphatic carbocycles. The van der Waals surface area contributed by atoms with Gasteiger partial charge in [-0.25, -0.2) is 8.42 Å². The Morgan fingerprint density at radius 3 is 2.52 bits per heavy atom. The van der Waals surface area contributed by atoms with E-state index < -0.39 is 9.84 Å². The number of sulfone groups is 1. The van der Waals surface area contributed by atoms with Gasteiger partial charge >= 0.3 is 0 Å². The fourth-order valence-corrected chi connectivity index (χ4v) is 4.89. The fraction of sp³-hybridized carbons (Fsp3) is 0.471. The second-order valence-corrected chi connectivity index (χ2v) is 8.48. The summed E-state index contributed by atoms with van der Waals surface area (Å²) in [7, 11) is -2.91. The van der Waals surface area contributed by atoms with E-state index in [1.54, 1.807) is 0 Å². The Morgan fingerprint density at radius 1 is 1.22 bits per heavy atom. The molecule has 3 rings (SSSR count). The number of aryl methyl sites for hydroxylation is 2. The molecule has 1 fully saturated rings. The number of hydrogen-bond donors (Lipinski definition) is 0. The van der Waals surface area contributed by atoms with E-state index in [0.717, 1.165) is 23.6 Å². The molecule has 2 heterocycles. The van der Waals surface area contributed by atoms with Crippen molar-refractivity contribution in [3.05, 3.63) is 52.9 Å². The van der Waals surface area contributed by atoms with Gasteiger partial charge < -0.3 is 4.52 Å². The van der Waals surface area contributed by atoms with E-state index in [9.17, 15) is 8.42 Å². The van der Waals surface area contributed by atoms with Crippen molar-refractivity contribution in [3.8, 4) is 0 Å².